The average Bonchev–Trinajstić information content (AvgIpc) is 2.98. The summed E-state index contributed by atoms with van der Waals surface area (Å²) in [5.74, 6) is 0.434. The molecule has 0 saturated heterocycles. The Hall–Kier alpha value is -1.88. The van der Waals surface area contributed by atoms with Crippen LogP contribution in [0.1, 0.15) is 78.0 Å². The van der Waals surface area contributed by atoms with Crippen LogP contribution in [0.4, 0.5) is 5.82 Å². The zero-order valence-electron chi connectivity index (χ0n) is 16.2. The van der Waals surface area contributed by atoms with Gasteiger partial charge in [-0.15, -0.1) is 0 Å². The summed E-state index contributed by atoms with van der Waals surface area (Å²) < 4.78 is 0. The minimum atomic E-state index is 0.434. The molecule has 0 aromatic carbocycles. The van der Waals surface area contributed by atoms with E-state index in [-0.39, 0.29) is 0 Å². The Balaban J connectivity index is 0. The molecule has 0 spiro atoms. The zero-order valence-corrected chi connectivity index (χ0v) is 16.2. The first-order valence-corrected chi connectivity index (χ1v) is 8.89. The number of nitrogens with zero attached hydrogens (tertiary/aromatic N) is 2. The molecule has 1 unspecified atom stereocenters. The summed E-state index contributed by atoms with van der Waals surface area (Å²) in [6.07, 6.45) is 9.42. The Morgan fingerprint density at radius 3 is 2.38 bits per heavy atom. The van der Waals surface area contributed by atoms with Crippen molar-refractivity contribution in [2.75, 3.05) is 5.73 Å². The molecule has 5 N–H and O–H groups in total. The van der Waals surface area contributed by atoms with E-state index in [1.807, 2.05) is 20.8 Å². The number of rotatable bonds is 8. The maximum atomic E-state index is 5.71. The van der Waals surface area contributed by atoms with E-state index in [0.29, 0.717) is 11.9 Å². The van der Waals surface area contributed by atoms with E-state index in [1.165, 1.54) is 31.9 Å². The molecule has 0 aliphatic rings. The number of anilines is 1. The number of hydrogen-bond acceptors (Lipinski definition) is 4. The fourth-order valence-electron chi connectivity index (χ4n) is 1.91. The van der Waals surface area contributed by atoms with Crippen LogP contribution in [0.3, 0.4) is 0 Å². The van der Waals surface area contributed by atoms with Gasteiger partial charge >= 0.3 is 0 Å². The van der Waals surface area contributed by atoms with Crippen molar-refractivity contribution >= 4 is 17.6 Å². The highest BCUT2D eigenvalue weighted by Gasteiger charge is 2.08. The van der Waals surface area contributed by atoms with Crippen molar-refractivity contribution in [3.05, 3.63) is 30.6 Å². The lowest BCUT2D eigenvalue weighted by Gasteiger charge is -2.05. The van der Waals surface area contributed by atoms with Gasteiger partial charge in [0.1, 0.15) is 0 Å². The molecule has 0 aliphatic carbocycles. The minimum Gasteiger partial charge on any atom is -0.382 e. The lowest BCUT2D eigenvalue weighted by atomic mass is 10.1. The van der Waals surface area contributed by atoms with E-state index in [9.17, 15) is 0 Å². The highest BCUT2D eigenvalue weighted by atomic mass is 15.2. The second kappa shape index (κ2) is 16.0. The summed E-state index contributed by atoms with van der Waals surface area (Å²) >= 11 is 0. The first kappa shape index (κ1) is 24.4. The van der Waals surface area contributed by atoms with Gasteiger partial charge in [0.15, 0.2) is 5.82 Å². The van der Waals surface area contributed by atoms with E-state index in [2.05, 4.69) is 42.2 Å². The predicted octanol–water partition coefficient (Wildman–Crippen LogP) is 4.92. The first-order chi connectivity index (χ1) is 11.5. The highest BCUT2D eigenvalue weighted by Crippen LogP contribution is 2.15. The van der Waals surface area contributed by atoms with Crippen LogP contribution in [-0.2, 0) is 0 Å². The Bertz CT molecular complexity index is 474. The van der Waals surface area contributed by atoms with Crippen LogP contribution >= 0.6 is 0 Å². The molecule has 1 aromatic heterocycles. The molecule has 0 fully saturated rings. The fraction of sp³-hybridized carbons (Fsp3) is 0.579. The van der Waals surface area contributed by atoms with E-state index in [1.54, 1.807) is 6.08 Å². The number of nitrogens with two attached hydrogens (primary N) is 2. The molecule has 1 atom stereocenters. The van der Waals surface area contributed by atoms with Gasteiger partial charge in [-0.05, 0) is 19.8 Å². The Labute approximate surface area is 148 Å². The number of aromatic nitrogens is 2. The van der Waals surface area contributed by atoms with Crippen molar-refractivity contribution in [3.8, 4) is 0 Å². The van der Waals surface area contributed by atoms with E-state index in [0.717, 1.165) is 23.4 Å². The standard InChI is InChI=1S/C9H12N4.C8H19N.C2H6/c1-4-7-8(6(3)11-5-2)12-13-9(7)10;1-3-5-6-7-8(9)4-2;1-2/h4-5H,1-2H2,3H3,(H3,10,12,13);8H,3-7,9H2,1-2H3;1-2H3. The molecule has 5 nitrogen and oxygen atoms in total. The molecule has 138 valence electrons. The summed E-state index contributed by atoms with van der Waals surface area (Å²) in [5.41, 5.74) is 13.7. The quantitative estimate of drug-likeness (QED) is 0.465. The van der Waals surface area contributed by atoms with Crippen LogP contribution in [0.15, 0.2) is 24.4 Å². The number of nitrogens with one attached hydrogen (secondary N) is 1. The third kappa shape index (κ3) is 10.0. The van der Waals surface area contributed by atoms with Crippen molar-refractivity contribution in [1.29, 1.82) is 0 Å². The van der Waals surface area contributed by atoms with E-state index in [4.69, 9.17) is 11.5 Å². The number of H-pyrrole nitrogens is 1. The number of aromatic amines is 1. The summed E-state index contributed by atoms with van der Waals surface area (Å²) in [6.45, 7) is 17.4. The molecule has 0 saturated carbocycles. The average molecular weight is 336 g/mol. The van der Waals surface area contributed by atoms with Gasteiger partial charge in [0, 0.05) is 17.8 Å². The van der Waals surface area contributed by atoms with Crippen molar-refractivity contribution in [2.45, 2.75) is 72.8 Å². The summed E-state index contributed by atoms with van der Waals surface area (Å²) in [6, 6.07) is 0.455. The zero-order chi connectivity index (χ0) is 19.0. The van der Waals surface area contributed by atoms with Crippen LogP contribution in [0, 0.1) is 0 Å². The third-order valence-corrected chi connectivity index (χ3v) is 3.39. The van der Waals surface area contributed by atoms with Crippen LogP contribution in [0.2, 0.25) is 0 Å². The number of aliphatic imine (C=N–C) groups is 1. The minimum absolute atomic E-state index is 0.434. The second-order valence-electron chi connectivity index (χ2n) is 5.16. The molecule has 1 rings (SSSR count). The summed E-state index contributed by atoms with van der Waals surface area (Å²) in [4.78, 5) is 4.02. The molecular weight excluding hydrogens is 298 g/mol. The maximum Gasteiger partial charge on any atom is 0.153 e. The van der Waals surface area contributed by atoms with Crippen LogP contribution in [-0.4, -0.2) is 22.0 Å². The smallest absolute Gasteiger partial charge is 0.153 e. The number of nitrogen functional groups attached to an aromatic ring is 1. The van der Waals surface area contributed by atoms with E-state index < -0.39 is 0 Å². The monoisotopic (exact) mass is 335 g/mol. The SMILES string of the molecule is C=CN=C(C)c1[nH]nc(N)c1C=C.CC.CCCCCC(N)CC. The summed E-state index contributed by atoms with van der Waals surface area (Å²) in [7, 11) is 0. The fourth-order valence-corrected chi connectivity index (χ4v) is 1.91. The first-order valence-electron chi connectivity index (χ1n) is 8.89. The molecule has 0 bridgehead atoms. The van der Waals surface area contributed by atoms with Gasteiger partial charge in [-0.25, -0.2) is 0 Å². The van der Waals surface area contributed by atoms with Gasteiger partial charge in [-0.3, -0.25) is 10.1 Å². The lowest BCUT2D eigenvalue weighted by Crippen LogP contribution is -2.17. The van der Waals surface area contributed by atoms with Gasteiger partial charge in [0.25, 0.3) is 0 Å². The third-order valence-electron chi connectivity index (χ3n) is 3.39. The normalized spacial score (nSPS) is 11.5. The number of hydrogen-bond donors (Lipinski definition) is 3. The molecule has 0 aliphatic heterocycles. The Kier molecular flexibility index (Phi) is 16.2. The van der Waals surface area contributed by atoms with Crippen molar-refractivity contribution in [1.82, 2.24) is 10.2 Å². The Morgan fingerprint density at radius 1 is 1.29 bits per heavy atom. The van der Waals surface area contributed by atoms with Crippen LogP contribution < -0.4 is 11.5 Å². The molecule has 5 heteroatoms. The van der Waals surface area contributed by atoms with Gasteiger partial charge < -0.3 is 11.5 Å². The number of unbranched alkanes of at least 4 members (excludes halogenated alkanes) is 2. The summed E-state index contributed by atoms with van der Waals surface area (Å²) in [5, 5.41) is 6.64. The van der Waals surface area contributed by atoms with Crippen LogP contribution in [0.5, 0.6) is 0 Å². The lowest BCUT2D eigenvalue weighted by molar-refractivity contribution is 0.547. The van der Waals surface area contributed by atoms with Crippen molar-refractivity contribution in [3.63, 3.8) is 0 Å². The topological polar surface area (TPSA) is 93.1 Å². The van der Waals surface area contributed by atoms with Gasteiger partial charge in [-0.2, -0.15) is 5.10 Å². The molecule has 0 radical (unpaired) electrons. The van der Waals surface area contributed by atoms with Gasteiger partial charge in [0.2, 0.25) is 0 Å². The molecule has 24 heavy (non-hydrogen) atoms. The second-order valence-corrected chi connectivity index (χ2v) is 5.16. The van der Waals surface area contributed by atoms with Crippen LogP contribution in [0.25, 0.3) is 6.08 Å². The predicted molar refractivity (Wildman–Crippen MR) is 109 cm³/mol. The molecule has 1 heterocycles. The highest BCUT2D eigenvalue weighted by molar-refractivity contribution is 6.01. The molecule has 0 amide bonds. The molecule has 1 aromatic rings. The molecular formula is C19H37N5. The van der Waals surface area contributed by atoms with Crippen molar-refractivity contribution in [2.24, 2.45) is 10.7 Å². The maximum absolute atomic E-state index is 5.71. The van der Waals surface area contributed by atoms with Gasteiger partial charge in [-0.1, -0.05) is 66.2 Å². The Morgan fingerprint density at radius 2 is 1.92 bits per heavy atom. The van der Waals surface area contributed by atoms with Crippen molar-refractivity contribution < 1.29 is 0 Å². The van der Waals surface area contributed by atoms with E-state index >= 15 is 0 Å². The van der Waals surface area contributed by atoms with Gasteiger partial charge in [0.05, 0.1) is 11.4 Å². The largest absolute Gasteiger partial charge is 0.382 e.